The first-order chi connectivity index (χ1) is 6.90. The van der Waals surface area contributed by atoms with Gasteiger partial charge in [0.15, 0.2) is 0 Å². The van der Waals surface area contributed by atoms with Crippen molar-refractivity contribution in [1.29, 1.82) is 0 Å². The van der Waals surface area contributed by atoms with Crippen molar-refractivity contribution in [2.45, 2.75) is 6.42 Å². The minimum absolute atomic E-state index is 0.694. The van der Waals surface area contributed by atoms with Crippen LogP contribution in [0.2, 0.25) is 0 Å². The number of rotatable bonds is 1. The standard InChI is InChI=1S/C13H10O/c14-10-11-5-4-8-13(9-11)12-6-2-1-3-7-12/h1-4,6-9H,5H2. The fourth-order valence-corrected chi connectivity index (χ4v) is 1.49. The van der Waals surface area contributed by atoms with Crippen molar-refractivity contribution in [3.63, 3.8) is 0 Å². The predicted molar refractivity (Wildman–Crippen MR) is 57.4 cm³/mol. The van der Waals surface area contributed by atoms with Gasteiger partial charge >= 0.3 is 0 Å². The summed E-state index contributed by atoms with van der Waals surface area (Å²) in [7, 11) is 0. The zero-order valence-electron chi connectivity index (χ0n) is 7.73. The van der Waals surface area contributed by atoms with Crippen LogP contribution in [0.25, 0.3) is 5.57 Å². The molecule has 0 spiro atoms. The zero-order valence-corrected chi connectivity index (χ0v) is 7.73. The van der Waals surface area contributed by atoms with Gasteiger partial charge in [-0.3, -0.25) is 0 Å². The summed E-state index contributed by atoms with van der Waals surface area (Å²) in [6.45, 7) is 0. The molecule has 68 valence electrons. The molecule has 14 heavy (non-hydrogen) atoms. The first-order valence-corrected chi connectivity index (χ1v) is 4.58. The van der Waals surface area contributed by atoms with Crippen LogP contribution in [0.3, 0.4) is 0 Å². The lowest BCUT2D eigenvalue weighted by Gasteiger charge is -2.06. The predicted octanol–water partition coefficient (Wildman–Crippen LogP) is 2.79. The van der Waals surface area contributed by atoms with Gasteiger partial charge in [-0.2, -0.15) is 0 Å². The van der Waals surface area contributed by atoms with Crippen molar-refractivity contribution in [1.82, 2.24) is 0 Å². The van der Waals surface area contributed by atoms with Crippen molar-refractivity contribution in [3.8, 4) is 0 Å². The Bertz CT molecular complexity index is 432. The van der Waals surface area contributed by atoms with Gasteiger partial charge < -0.3 is 0 Å². The van der Waals surface area contributed by atoms with Crippen molar-refractivity contribution >= 4 is 11.5 Å². The number of carbonyl (C=O) groups excluding carboxylic acids is 1. The van der Waals surface area contributed by atoms with Crippen LogP contribution >= 0.6 is 0 Å². The SMILES string of the molecule is O=C=C1C=C(c2ccccc2)C=CC1. The van der Waals surface area contributed by atoms with E-state index in [0.29, 0.717) is 12.0 Å². The zero-order chi connectivity index (χ0) is 9.80. The number of allylic oxidation sites excluding steroid dienone is 5. The number of benzene rings is 1. The first-order valence-electron chi connectivity index (χ1n) is 4.58. The van der Waals surface area contributed by atoms with E-state index in [0.717, 1.165) is 11.1 Å². The molecule has 2 rings (SSSR count). The van der Waals surface area contributed by atoms with Gasteiger partial charge in [-0.15, -0.1) is 0 Å². The average Bonchev–Trinajstić information content (AvgIpc) is 2.30. The Labute approximate surface area is 83.1 Å². The van der Waals surface area contributed by atoms with Crippen LogP contribution in [0.4, 0.5) is 0 Å². The van der Waals surface area contributed by atoms with Crippen LogP contribution in [0.5, 0.6) is 0 Å². The van der Waals surface area contributed by atoms with Gasteiger partial charge in [-0.25, -0.2) is 4.79 Å². The van der Waals surface area contributed by atoms with E-state index in [1.807, 2.05) is 54.5 Å². The maximum atomic E-state index is 10.5. The molecule has 0 amide bonds. The topological polar surface area (TPSA) is 17.1 Å². The normalized spacial score (nSPS) is 14.9. The Kier molecular flexibility index (Phi) is 2.44. The molecule has 1 aliphatic rings. The smallest absolute Gasteiger partial charge is 0.128 e. The third-order valence-electron chi connectivity index (χ3n) is 2.20. The van der Waals surface area contributed by atoms with Gasteiger partial charge in [0.2, 0.25) is 0 Å². The molecule has 1 nitrogen and oxygen atoms in total. The maximum absolute atomic E-state index is 10.5. The van der Waals surface area contributed by atoms with Gasteiger partial charge in [-0.1, -0.05) is 42.5 Å². The lowest BCUT2D eigenvalue weighted by Crippen LogP contribution is -1.88. The van der Waals surface area contributed by atoms with Crippen LogP contribution in [-0.4, -0.2) is 5.94 Å². The number of hydrogen-bond donors (Lipinski definition) is 0. The molecule has 0 aliphatic heterocycles. The monoisotopic (exact) mass is 182 g/mol. The molecule has 0 atom stereocenters. The third-order valence-corrected chi connectivity index (χ3v) is 2.20. The fraction of sp³-hybridized carbons (Fsp3) is 0.0769. The van der Waals surface area contributed by atoms with Crippen LogP contribution in [0.15, 0.2) is 54.1 Å². The highest BCUT2D eigenvalue weighted by atomic mass is 16.1. The minimum atomic E-state index is 0.694. The lowest BCUT2D eigenvalue weighted by atomic mass is 9.97. The minimum Gasteiger partial charge on any atom is -0.233 e. The molecule has 0 saturated heterocycles. The molecule has 0 N–H and O–H groups in total. The summed E-state index contributed by atoms with van der Waals surface area (Å²) in [6.07, 6.45) is 6.61. The molecule has 0 bridgehead atoms. The van der Waals surface area contributed by atoms with Crippen molar-refractivity contribution in [3.05, 3.63) is 59.7 Å². The van der Waals surface area contributed by atoms with E-state index in [4.69, 9.17) is 0 Å². The Hall–Kier alpha value is -1.85. The molecular weight excluding hydrogens is 172 g/mol. The molecule has 0 heterocycles. The Morgan fingerprint density at radius 1 is 1.14 bits per heavy atom. The quantitative estimate of drug-likeness (QED) is 0.610. The van der Waals surface area contributed by atoms with Crippen LogP contribution in [0, 0.1) is 0 Å². The van der Waals surface area contributed by atoms with E-state index in [2.05, 4.69) is 0 Å². The van der Waals surface area contributed by atoms with E-state index < -0.39 is 0 Å². The summed E-state index contributed by atoms with van der Waals surface area (Å²) in [5.74, 6) is 1.94. The summed E-state index contributed by atoms with van der Waals surface area (Å²) in [5, 5.41) is 0. The highest BCUT2D eigenvalue weighted by molar-refractivity contribution is 5.80. The molecule has 1 aromatic rings. The Morgan fingerprint density at radius 3 is 2.64 bits per heavy atom. The molecule has 0 unspecified atom stereocenters. The molecule has 1 aromatic carbocycles. The highest BCUT2D eigenvalue weighted by Gasteiger charge is 2.03. The van der Waals surface area contributed by atoms with Crippen molar-refractivity contribution < 1.29 is 4.79 Å². The van der Waals surface area contributed by atoms with Crippen LogP contribution in [0.1, 0.15) is 12.0 Å². The molecule has 0 saturated carbocycles. The molecule has 0 radical (unpaired) electrons. The third kappa shape index (κ3) is 1.73. The van der Waals surface area contributed by atoms with E-state index in [-0.39, 0.29) is 0 Å². The molecule has 1 aliphatic carbocycles. The highest BCUT2D eigenvalue weighted by Crippen LogP contribution is 2.22. The Balaban J connectivity index is 2.41. The van der Waals surface area contributed by atoms with Crippen molar-refractivity contribution in [2.75, 3.05) is 0 Å². The lowest BCUT2D eigenvalue weighted by molar-refractivity contribution is 0.567. The maximum Gasteiger partial charge on any atom is 0.128 e. The van der Waals surface area contributed by atoms with E-state index in [1.165, 1.54) is 0 Å². The van der Waals surface area contributed by atoms with E-state index in [9.17, 15) is 4.79 Å². The largest absolute Gasteiger partial charge is 0.233 e. The average molecular weight is 182 g/mol. The summed E-state index contributed by atoms with van der Waals surface area (Å²) in [5.41, 5.74) is 2.93. The molecule has 0 aromatic heterocycles. The van der Waals surface area contributed by atoms with Gasteiger partial charge in [0.1, 0.15) is 5.94 Å². The Morgan fingerprint density at radius 2 is 1.93 bits per heavy atom. The van der Waals surface area contributed by atoms with E-state index in [1.54, 1.807) is 0 Å². The van der Waals surface area contributed by atoms with Crippen molar-refractivity contribution in [2.24, 2.45) is 0 Å². The van der Waals surface area contributed by atoms with Gasteiger partial charge in [0.05, 0.1) is 0 Å². The fourth-order valence-electron chi connectivity index (χ4n) is 1.49. The van der Waals surface area contributed by atoms with Gasteiger partial charge in [-0.05, 0) is 17.2 Å². The summed E-state index contributed by atoms with van der Waals surface area (Å²) >= 11 is 0. The van der Waals surface area contributed by atoms with Gasteiger partial charge in [0, 0.05) is 12.0 Å². The van der Waals surface area contributed by atoms with Gasteiger partial charge in [0.25, 0.3) is 0 Å². The summed E-state index contributed by atoms with van der Waals surface area (Å²) in [6, 6.07) is 10.0. The second-order valence-electron chi connectivity index (χ2n) is 3.20. The molecule has 0 fully saturated rings. The number of hydrogen-bond acceptors (Lipinski definition) is 1. The molecule has 1 heteroatoms. The van der Waals surface area contributed by atoms with Crippen LogP contribution in [-0.2, 0) is 4.79 Å². The molecular formula is C13H10O. The second-order valence-corrected chi connectivity index (χ2v) is 3.20. The second kappa shape index (κ2) is 3.91. The first kappa shape index (κ1) is 8.74. The summed E-state index contributed by atoms with van der Waals surface area (Å²) < 4.78 is 0. The summed E-state index contributed by atoms with van der Waals surface area (Å²) in [4.78, 5) is 10.5. The van der Waals surface area contributed by atoms with E-state index >= 15 is 0 Å². The van der Waals surface area contributed by atoms with Crippen LogP contribution < -0.4 is 0 Å².